The average Bonchev–Trinajstić information content (AvgIpc) is 2.59. The van der Waals surface area contributed by atoms with Crippen LogP contribution in [0.3, 0.4) is 0 Å². The highest BCUT2D eigenvalue weighted by Crippen LogP contribution is 2.21. The van der Waals surface area contributed by atoms with Crippen molar-refractivity contribution >= 4 is 5.57 Å². The molecule has 0 fully saturated rings. The number of benzene rings is 1. The second-order valence-electron chi connectivity index (χ2n) is 6.06. The van der Waals surface area contributed by atoms with E-state index < -0.39 is 0 Å². The zero-order chi connectivity index (χ0) is 16.7. The lowest BCUT2D eigenvalue weighted by molar-refractivity contribution is 0.552. The minimum Gasteiger partial charge on any atom is -0.256 e. The zero-order valence-corrected chi connectivity index (χ0v) is 14.2. The van der Waals surface area contributed by atoms with E-state index in [0.717, 1.165) is 34.2 Å². The lowest BCUT2D eigenvalue weighted by Crippen LogP contribution is -2.03. The molecule has 23 heavy (non-hydrogen) atoms. The summed E-state index contributed by atoms with van der Waals surface area (Å²) in [6, 6.07) is 14.2. The van der Waals surface area contributed by atoms with Crippen LogP contribution in [0.1, 0.15) is 26.3 Å². The molecule has 0 N–H and O–H groups in total. The molecule has 1 nitrogen and oxygen atoms in total. The van der Waals surface area contributed by atoms with E-state index in [-0.39, 0.29) is 0 Å². The first-order valence-corrected chi connectivity index (χ1v) is 8.10. The fourth-order valence-electron chi connectivity index (χ4n) is 2.31. The Morgan fingerprint density at radius 3 is 2.17 bits per heavy atom. The van der Waals surface area contributed by atoms with E-state index in [2.05, 4.69) is 67.9 Å². The quantitative estimate of drug-likeness (QED) is 0.647. The molecule has 0 radical (unpaired) electrons. The molecule has 0 saturated carbocycles. The van der Waals surface area contributed by atoms with Gasteiger partial charge in [0.25, 0.3) is 0 Å². The fourth-order valence-corrected chi connectivity index (χ4v) is 2.31. The summed E-state index contributed by atoms with van der Waals surface area (Å²) in [6.07, 6.45) is 10.5. The highest BCUT2D eigenvalue weighted by Gasteiger charge is 2.05. The highest BCUT2D eigenvalue weighted by molar-refractivity contribution is 5.68. The van der Waals surface area contributed by atoms with E-state index in [1.54, 1.807) is 0 Å². The van der Waals surface area contributed by atoms with Crippen molar-refractivity contribution in [3.63, 3.8) is 0 Å². The van der Waals surface area contributed by atoms with E-state index in [1.807, 2.05) is 37.4 Å². The molecule has 1 aliphatic carbocycles. The van der Waals surface area contributed by atoms with Crippen LogP contribution in [0.5, 0.6) is 0 Å². The third-order valence-corrected chi connectivity index (χ3v) is 4.09. The van der Waals surface area contributed by atoms with Gasteiger partial charge in [-0.3, -0.25) is 4.98 Å². The predicted octanol–water partition coefficient (Wildman–Crippen LogP) is 6.17. The molecule has 118 valence electrons. The first-order valence-electron chi connectivity index (χ1n) is 8.10. The van der Waals surface area contributed by atoms with Crippen molar-refractivity contribution in [2.75, 3.05) is 0 Å². The molecule has 0 bridgehead atoms. The van der Waals surface area contributed by atoms with E-state index >= 15 is 0 Å². The summed E-state index contributed by atoms with van der Waals surface area (Å²) in [5.74, 6) is 1.47. The van der Waals surface area contributed by atoms with Gasteiger partial charge in [-0.25, -0.2) is 0 Å². The molecule has 2 aromatic rings. The van der Waals surface area contributed by atoms with E-state index in [4.69, 9.17) is 0 Å². The van der Waals surface area contributed by atoms with Crippen molar-refractivity contribution in [2.45, 2.75) is 20.8 Å². The normalized spacial score (nSPS) is 18.9. The van der Waals surface area contributed by atoms with Gasteiger partial charge < -0.3 is 0 Å². The van der Waals surface area contributed by atoms with Crippen molar-refractivity contribution in [1.82, 2.24) is 4.98 Å². The van der Waals surface area contributed by atoms with Gasteiger partial charge in [0.05, 0.1) is 5.69 Å². The Labute approximate surface area is 140 Å². The Morgan fingerprint density at radius 1 is 0.957 bits per heavy atom. The summed E-state index contributed by atoms with van der Waals surface area (Å²) in [7, 11) is 0. The van der Waals surface area contributed by atoms with Crippen LogP contribution in [0.4, 0.5) is 0 Å². The second kappa shape index (κ2) is 8.28. The van der Waals surface area contributed by atoms with Crippen molar-refractivity contribution in [3.8, 4) is 11.3 Å². The number of aromatic nitrogens is 1. The van der Waals surface area contributed by atoms with Crippen LogP contribution in [-0.2, 0) is 0 Å². The number of allylic oxidation sites excluding steroid dienone is 5. The first kappa shape index (κ1) is 17.0. The van der Waals surface area contributed by atoms with E-state index in [1.165, 1.54) is 0 Å². The van der Waals surface area contributed by atoms with Crippen molar-refractivity contribution < 1.29 is 0 Å². The topological polar surface area (TPSA) is 12.9 Å². The molecule has 1 heterocycles. The van der Waals surface area contributed by atoms with Gasteiger partial charge in [0.2, 0.25) is 0 Å². The zero-order valence-electron chi connectivity index (χ0n) is 14.2. The Bertz CT molecular complexity index is 679. The van der Waals surface area contributed by atoms with Gasteiger partial charge in [-0.1, -0.05) is 74.6 Å². The maximum atomic E-state index is 4.32. The number of nitrogens with zero attached hydrogens (tertiary/aromatic N) is 1. The molecular formula is C22H25N. The monoisotopic (exact) mass is 303 g/mol. The van der Waals surface area contributed by atoms with Crippen LogP contribution >= 0.6 is 0 Å². The Hall–Kier alpha value is -2.41. The molecule has 1 heteroatoms. The minimum absolute atomic E-state index is 0.736. The molecule has 1 aromatic carbocycles. The highest BCUT2D eigenvalue weighted by atomic mass is 14.7. The SMILES string of the molecule is C=C(C)c1cccc(-c2ccccn2)c1.CC1C=CC=CC1C. The summed E-state index contributed by atoms with van der Waals surface area (Å²) in [5.41, 5.74) is 4.38. The molecule has 2 unspecified atom stereocenters. The molecule has 0 aliphatic heterocycles. The second-order valence-corrected chi connectivity index (χ2v) is 6.06. The van der Waals surface area contributed by atoms with Gasteiger partial charge in [-0.15, -0.1) is 0 Å². The summed E-state index contributed by atoms with van der Waals surface area (Å²) in [4.78, 5) is 4.32. The number of hydrogen-bond donors (Lipinski definition) is 0. The standard InChI is InChI=1S/C14H13N.C8H12/c1-11(2)12-6-5-7-13(10-12)14-8-3-4-9-15-14;1-7-5-3-4-6-8(7)2/h3-10H,1H2,2H3;3-8H,1-2H3. The average molecular weight is 303 g/mol. The van der Waals surface area contributed by atoms with Crippen molar-refractivity contribution in [2.24, 2.45) is 11.8 Å². The van der Waals surface area contributed by atoms with Gasteiger partial charge in [0.1, 0.15) is 0 Å². The van der Waals surface area contributed by atoms with Crippen LogP contribution in [0, 0.1) is 11.8 Å². The van der Waals surface area contributed by atoms with E-state index in [0.29, 0.717) is 0 Å². The lowest BCUT2D eigenvalue weighted by Gasteiger charge is -2.13. The number of hydrogen-bond acceptors (Lipinski definition) is 1. The summed E-state index contributed by atoms with van der Waals surface area (Å²) in [6.45, 7) is 10.4. The molecule has 0 amide bonds. The largest absolute Gasteiger partial charge is 0.256 e. The van der Waals surface area contributed by atoms with Crippen molar-refractivity contribution in [1.29, 1.82) is 0 Å². The van der Waals surface area contributed by atoms with Crippen LogP contribution in [0.2, 0.25) is 0 Å². The maximum Gasteiger partial charge on any atom is 0.0702 e. The Balaban J connectivity index is 0.000000203. The molecular weight excluding hydrogens is 278 g/mol. The summed E-state index contributed by atoms with van der Waals surface area (Å²) >= 11 is 0. The molecule has 2 atom stereocenters. The smallest absolute Gasteiger partial charge is 0.0702 e. The Morgan fingerprint density at radius 2 is 1.65 bits per heavy atom. The van der Waals surface area contributed by atoms with Gasteiger partial charge in [0, 0.05) is 11.8 Å². The van der Waals surface area contributed by atoms with Gasteiger partial charge >= 0.3 is 0 Å². The third-order valence-electron chi connectivity index (χ3n) is 4.09. The van der Waals surface area contributed by atoms with Gasteiger partial charge in [-0.05, 0) is 42.5 Å². The van der Waals surface area contributed by atoms with Gasteiger partial charge in [0.15, 0.2) is 0 Å². The molecule has 1 aliphatic rings. The molecule has 0 saturated heterocycles. The summed E-state index contributed by atoms with van der Waals surface area (Å²) < 4.78 is 0. The van der Waals surface area contributed by atoms with Crippen LogP contribution in [0.25, 0.3) is 16.8 Å². The molecule has 1 aromatic heterocycles. The molecule has 0 spiro atoms. The van der Waals surface area contributed by atoms with E-state index in [9.17, 15) is 0 Å². The van der Waals surface area contributed by atoms with Gasteiger partial charge in [-0.2, -0.15) is 0 Å². The predicted molar refractivity (Wildman–Crippen MR) is 101 cm³/mol. The molecule has 3 rings (SSSR count). The fraction of sp³-hybridized carbons (Fsp3) is 0.227. The van der Waals surface area contributed by atoms with Crippen molar-refractivity contribution in [3.05, 3.63) is 85.1 Å². The Kier molecular flexibility index (Phi) is 6.10. The first-order chi connectivity index (χ1) is 11.1. The number of pyridine rings is 1. The van der Waals surface area contributed by atoms with Crippen LogP contribution in [-0.4, -0.2) is 4.98 Å². The third kappa shape index (κ3) is 5.07. The minimum atomic E-state index is 0.736. The lowest BCUT2D eigenvalue weighted by atomic mass is 9.92. The maximum absolute atomic E-state index is 4.32. The van der Waals surface area contributed by atoms with Crippen LogP contribution < -0.4 is 0 Å². The van der Waals surface area contributed by atoms with Crippen LogP contribution in [0.15, 0.2) is 79.5 Å². The number of rotatable bonds is 2. The summed E-state index contributed by atoms with van der Waals surface area (Å²) in [5, 5.41) is 0.